The summed E-state index contributed by atoms with van der Waals surface area (Å²) in [6, 6.07) is 0. The minimum absolute atomic E-state index is 0.0755. The number of hydrogen-bond donors (Lipinski definition) is 1. The van der Waals surface area contributed by atoms with Crippen molar-refractivity contribution in [1.29, 1.82) is 0 Å². The number of carbonyl (C=O) groups is 2. The molecule has 0 spiro atoms. The third kappa shape index (κ3) is 62.3. The van der Waals surface area contributed by atoms with Crippen molar-refractivity contribution in [3.8, 4) is 0 Å². The van der Waals surface area contributed by atoms with Gasteiger partial charge in [0.2, 0.25) is 0 Å². The maximum Gasteiger partial charge on any atom is 0.306 e. The molecule has 5 heteroatoms. The zero-order valence-electron chi connectivity index (χ0n) is 49.2. The summed E-state index contributed by atoms with van der Waals surface area (Å²) >= 11 is 0. The molecule has 1 atom stereocenters. The van der Waals surface area contributed by atoms with E-state index in [1.54, 1.807) is 0 Å². The van der Waals surface area contributed by atoms with E-state index in [9.17, 15) is 14.7 Å². The van der Waals surface area contributed by atoms with Crippen LogP contribution in [-0.4, -0.2) is 36.4 Å². The zero-order valence-corrected chi connectivity index (χ0v) is 49.2. The van der Waals surface area contributed by atoms with E-state index < -0.39 is 6.10 Å². The predicted molar refractivity (Wildman–Crippen MR) is 334 cm³/mol. The van der Waals surface area contributed by atoms with Crippen LogP contribution in [0.1, 0.15) is 271 Å². The van der Waals surface area contributed by atoms with Crippen LogP contribution in [0.2, 0.25) is 0 Å². The molecule has 0 aromatic heterocycles. The largest absolute Gasteiger partial charge is 0.462 e. The van der Waals surface area contributed by atoms with Gasteiger partial charge < -0.3 is 14.6 Å². The van der Waals surface area contributed by atoms with Crippen molar-refractivity contribution in [1.82, 2.24) is 0 Å². The second kappa shape index (κ2) is 65.1. The quantitative estimate of drug-likeness (QED) is 0.0373. The summed E-state index contributed by atoms with van der Waals surface area (Å²) in [7, 11) is 0. The van der Waals surface area contributed by atoms with Crippen LogP contribution in [0.15, 0.2) is 146 Å². The molecule has 5 nitrogen and oxygen atoms in total. The van der Waals surface area contributed by atoms with Crippen molar-refractivity contribution in [3.63, 3.8) is 0 Å². The van der Waals surface area contributed by atoms with Crippen LogP contribution in [0.25, 0.3) is 0 Å². The maximum absolute atomic E-state index is 12.3. The van der Waals surface area contributed by atoms with E-state index in [1.807, 2.05) is 0 Å². The van der Waals surface area contributed by atoms with Gasteiger partial charge in [0.05, 0.1) is 6.61 Å². The van der Waals surface area contributed by atoms with E-state index in [2.05, 4.69) is 160 Å². The molecule has 0 saturated heterocycles. The smallest absolute Gasteiger partial charge is 0.306 e. The zero-order chi connectivity index (χ0) is 54.8. The average molecular weight is 1050 g/mol. The fourth-order valence-corrected chi connectivity index (χ4v) is 8.50. The number of esters is 2. The molecule has 0 fully saturated rings. The van der Waals surface area contributed by atoms with Crippen LogP contribution >= 0.6 is 0 Å². The first-order valence-electron chi connectivity index (χ1n) is 31.4. The number of ether oxygens (including phenoxy) is 2. The Morgan fingerprint density at radius 2 is 0.526 bits per heavy atom. The minimum atomic E-state index is -0.785. The van der Waals surface area contributed by atoms with Gasteiger partial charge in [0, 0.05) is 12.8 Å². The lowest BCUT2D eigenvalue weighted by Gasteiger charge is -2.15. The number of carbonyl (C=O) groups excluding carboxylic acids is 2. The Bertz CT molecular complexity index is 1610. The van der Waals surface area contributed by atoms with Crippen LogP contribution in [-0.2, 0) is 19.1 Å². The third-order valence-electron chi connectivity index (χ3n) is 13.1. The Balaban J connectivity index is 3.53. The molecule has 0 radical (unpaired) electrons. The molecule has 430 valence electrons. The Morgan fingerprint density at radius 3 is 0.789 bits per heavy atom. The Morgan fingerprint density at radius 1 is 0.303 bits per heavy atom. The summed E-state index contributed by atoms with van der Waals surface area (Å²) in [6.45, 7) is 3.92. The van der Waals surface area contributed by atoms with Gasteiger partial charge in [-0.15, -0.1) is 0 Å². The molecule has 0 saturated carbocycles. The summed E-state index contributed by atoms with van der Waals surface area (Å²) in [6.07, 6.45) is 98.3. The van der Waals surface area contributed by atoms with Gasteiger partial charge in [-0.05, 0) is 116 Å². The molecule has 0 aliphatic carbocycles. The molecule has 0 aromatic rings. The van der Waals surface area contributed by atoms with E-state index in [0.717, 1.165) is 116 Å². The summed E-state index contributed by atoms with van der Waals surface area (Å²) in [5, 5.41) is 9.68. The fraction of sp³-hybridized carbons (Fsp3) is 0.634. The molecular weight excluding hydrogens is 933 g/mol. The highest BCUT2D eigenvalue weighted by Gasteiger charge is 2.16. The van der Waals surface area contributed by atoms with E-state index in [-0.39, 0.29) is 25.2 Å². The molecular formula is C71H116O5. The monoisotopic (exact) mass is 1050 g/mol. The van der Waals surface area contributed by atoms with Gasteiger partial charge in [-0.2, -0.15) is 0 Å². The van der Waals surface area contributed by atoms with Crippen LogP contribution < -0.4 is 0 Å². The Labute approximate surface area is 469 Å². The fourth-order valence-electron chi connectivity index (χ4n) is 8.50. The van der Waals surface area contributed by atoms with Crippen LogP contribution in [0.4, 0.5) is 0 Å². The van der Waals surface area contributed by atoms with Crippen molar-refractivity contribution in [2.75, 3.05) is 13.2 Å². The van der Waals surface area contributed by atoms with Gasteiger partial charge in [0.25, 0.3) is 0 Å². The second-order valence-corrected chi connectivity index (χ2v) is 20.4. The summed E-state index contributed by atoms with van der Waals surface area (Å²) in [5.41, 5.74) is 0. The third-order valence-corrected chi connectivity index (χ3v) is 13.1. The van der Waals surface area contributed by atoms with Crippen molar-refractivity contribution < 1.29 is 24.2 Å². The highest BCUT2D eigenvalue weighted by Crippen LogP contribution is 2.16. The number of aliphatic hydroxyl groups is 1. The lowest BCUT2D eigenvalue weighted by Crippen LogP contribution is -2.28. The highest BCUT2D eigenvalue weighted by atomic mass is 16.6. The van der Waals surface area contributed by atoms with Gasteiger partial charge in [0.1, 0.15) is 6.61 Å². The first-order valence-corrected chi connectivity index (χ1v) is 31.4. The van der Waals surface area contributed by atoms with E-state index in [4.69, 9.17) is 9.47 Å². The molecule has 0 aliphatic rings. The average Bonchev–Trinajstić information content (AvgIpc) is 3.42. The van der Waals surface area contributed by atoms with Crippen molar-refractivity contribution in [2.45, 2.75) is 277 Å². The molecule has 1 N–H and O–H groups in total. The normalized spacial score (nSPS) is 13.2. The molecule has 0 rings (SSSR count). The van der Waals surface area contributed by atoms with Crippen LogP contribution in [0.3, 0.4) is 0 Å². The van der Waals surface area contributed by atoms with E-state index >= 15 is 0 Å². The molecule has 0 heterocycles. The first kappa shape index (κ1) is 71.8. The van der Waals surface area contributed by atoms with Crippen molar-refractivity contribution in [2.24, 2.45) is 0 Å². The predicted octanol–water partition coefficient (Wildman–Crippen LogP) is 21.8. The number of unbranched alkanes of at least 4 members (excludes halogenated alkanes) is 24. The topological polar surface area (TPSA) is 72.8 Å². The SMILES string of the molecule is CC/C=C\C/C=C\C/C=C\C/C=C\C/C=C\C/C=C\C/C=C\CCCCCCCCCCCCCCCCCC(=O)OC(CO)COC(=O)CCCCCCCCCCC/C=C\C/C=C\C/C=C\C/C=C\C/C=C\CC. The summed E-state index contributed by atoms with van der Waals surface area (Å²) < 4.78 is 10.7. The van der Waals surface area contributed by atoms with Gasteiger partial charge in [-0.25, -0.2) is 0 Å². The summed E-state index contributed by atoms with van der Waals surface area (Å²) in [5.74, 6) is -0.600. The minimum Gasteiger partial charge on any atom is -0.462 e. The van der Waals surface area contributed by atoms with Crippen LogP contribution in [0, 0.1) is 0 Å². The molecule has 76 heavy (non-hydrogen) atoms. The van der Waals surface area contributed by atoms with Crippen molar-refractivity contribution in [3.05, 3.63) is 146 Å². The number of allylic oxidation sites excluding steroid dienone is 24. The second-order valence-electron chi connectivity index (χ2n) is 20.4. The van der Waals surface area contributed by atoms with E-state index in [0.29, 0.717) is 12.8 Å². The number of hydrogen-bond acceptors (Lipinski definition) is 5. The molecule has 0 bridgehead atoms. The number of aliphatic hydroxyl groups excluding tert-OH is 1. The maximum atomic E-state index is 12.3. The Hall–Kier alpha value is -4.22. The first-order chi connectivity index (χ1) is 37.6. The summed E-state index contributed by atoms with van der Waals surface area (Å²) in [4.78, 5) is 24.6. The number of rotatable bonds is 56. The van der Waals surface area contributed by atoms with Crippen molar-refractivity contribution >= 4 is 11.9 Å². The van der Waals surface area contributed by atoms with Gasteiger partial charge in [-0.1, -0.05) is 288 Å². The van der Waals surface area contributed by atoms with Crippen LogP contribution in [0.5, 0.6) is 0 Å². The lowest BCUT2D eigenvalue weighted by molar-refractivity contribution is -0.161. The molecule has 0 amide bonds. The lowest BCUT2D eigenvalue weighted by atomic mass is 10.0. The van der Waals surface area contributed by atoms with Gasteiger partial charge in [0.15, 0.2) is 6.10 Å². The van der Waals surface area contributed by atoms with E-state index in [1.165, 1.54) is 128 Å². The molecule has 0 aliphatic heterocycles. The Kier molecular flexibility index (Phi) is 61.5. The van der Waals surface area contributed by atoms with Gasteiger partial charge in [-0.3, -0.25) is 9.59 Å². The highest BCUT2D eigenvalue weighted by molar-refractivity contribution is 5.70. The molecule has 0 aromatic carbocycles. The molecule has 1 unspecified atom stereocenters. The van der Waals surface area contributed by atoms with Gasteiger partial charge >= 0.3 is 11.9 Å². The standard InChI is InChI=1S/C71H116O5/c1-3-5-7-9-11-13-15-17-19-21-23-25-27-29-30-31-32-33-34-35-36-37-38-39-40-42-44-46-48-50-52-54-56-58-60-62-64-66-71(74)76-69(67-72)68-75-70(73)65-63-61-59-57-55-53-51-49-47-45-43-41-28-26-24-22-20-18-16-14-12-10-8-6-4-2/h5-8,11-14,17-20,23-26,29-30,32-33,35-36,41,43,69,72H,3-4,9-10,15-16,21-22,27-28,31,34,37-40,42,44-68H2,1-2H3/b7-5-,8-6-,13-11-,14-12-,19-17-,20-18-,25-23-,26-24-,30-29-,33-32-,36-35-,43-41-.